The summed E-state index contributed by atoms with van der Waals surface area (Å²) in [6.45, 7) is 27.0. The molecule has 0 spiro atoms. The minimum absolute atomic E-state index is 0. The van der Waals surface area contributed by atoms with Crippen LogP contribution in [0.1, 0.15) is 92.6 Å². The summed E-state index contributed by atoms with van der Waals surface area (Å²) in [6.07, 6.45) is 5.95. The van der Waals surface area contributed by atoms with Gasteiger partial charge >= 0.3 is 0 Å². The summed E-state index contributed by atoms with van der Waals surface area (Å²) in [5, 5.41) is 7.57. The van der Waals surface area contributed by atoms with E-state index in [0.717, 1.165) is 17.6 Å². The highest BCUT2D eigenvalue weighted by Crippen LogP contribution is 2.48. The molecule has 0 heterocycles. The molecule has 1 aliphatic rings. The molecule has 1 fully saturated rings. The first-order chi connectivity index (χ1) is 15.2. The van der Waals surface area contributed by atoms with Gasteiger partial charge in [-0.2, -0.15) is 0 Å². The van der Waals surface area contributed by atoms with Crippen molar-refractivity contribution in [2.45, 2.75) is 93.9 Å². The summed E-state index contributed by atoms with van der Waals surface area (Å²) < 4.78 is 0. The molecule has 1 aromatic rings. The third kappa shape index (κ3) is 12.8. The number of carbonyl (C=O) groups is 2. The highest BCUT2D eigenvalue weighted by molar-refractivity contribution is 5.85. The number of benzene rings is 1. The Bertz CT molecular complexity index is 633. The summed E-state index contributed by atoms with van der Waals surface area (Å²) in [6, 6.07) is 8.36. The molecule has 32 heavy (non-hydrogen) atoms. The Morgan fingerprint density at radius 3 is 1.84 bits per heavy atom. The minimum atomic E-state index is -0.0453. The molecule has 2 rings (SSSR count). The second kappa shape index (κ2) is 20.9. The second-order valence-electron chi connectivity index (χ2n) is 8.04. The fourth-order valence-corrected chi connectivity index (χ4v) is 3.80. The lowest BCUT2D eigenvalue weighted by atomic mass is 9.61. The van der Waals surface area contributed by atoms with Crippen molar-refractivity contribution >= 4 is 12.6 Å². The Kier molecular flexibility index (Phi) is 22.6. The monoisotopic (exact) mass is 448 g/mol. The first-order valence-electron chi connectivity index (χ1n) is 12.0. The number of hydrogen-bond donors (Lipinski definition) is 1. The van der Waals surface area contributed by atoms with E-state index in [9.17, 15) is 4.79 Å². The Balaban J connectivity index is -0.000000219. The predicted octanol–water partition coefficient (Wildman–Crippen LogP) is 8.07. The summed E-state index contributed by atoms with van der Waals surface area (Å²) in [7, 11) is 0. The van der Waals surface area contributed by atoms with Gasteiger partial charge in [-0.25, -0.2) is 0 Å². The van der Waals surface area contributed by atoms with E-state index in [1.165, 1.54) is 30.4 Å². The zero-order valence-corrected chi connectivity index (χ0v) is 22.2. The highest BCUT2D eigenvalue weighted by Gasteiger charge is 2.41. The molecule has 0 saturated heterocycles. The van der Waals surface area contributed by atoms with Crippen molar-refractivity contribution in [2.24, 2.45) is 11.3 Å². The molecule has 0 amide bonds. The molecular weight excluding hydrogens is 396 g/mol. The van der Waals surface area contributed by atoms with Gasteiger partial charge < -0.3 is 9.90 Å². The van der Waals surface area contributed by atoms with E-state index in [-0.39, 0.29) is 13.4 Å². The van der Waals surface area contributed by atoms with E-state index in [4.69, 9.17) is 9.90 Å². The molecular formula is C29H52O3. The largest absolute Gasteiger partial charge is 0.397 e. The number of aliphatic hydroxyl groups is 1. The van der Waals surface area contributed by atoms with Crippen LogP contribution in [-0.4, -0.2) is 24.3 Å². The molecule has 1 aromatic carbocycles. The topological polar surface area (TPSA) is 54.4 Å². The number of Topliss-reactive ketones (excluding diaryl/α,β-unsaturated/α-hetero) is 1. The van der Waals surface area contributed by atoms with Crippen LogP contribution < -0.4 is 0 Å². The van der Waals surface area contributed by atoms with Crippen LogP contribution in [0.4, 0.5) is 0 Å². The van der Waals surface area contributed by atoms with Crippen molar-refractivity contribution in [3.8, 4) is 0 Å². The fraction of sp³-hybridized carbons (Fsp3) is 0.586. The van der Waals surface area contributed by atoms with Gasteiger partial charge in [0, 0.05) is 26.3 Å². The number of carbonyl (C=O) groups excluding carboxylic acids is 2. The van der Waals surface area contributed by atoms with Crippen molar-refractivity contribution in [3.63, 3.8) is 0 Å². The Labute approximate surface area is 200 Å². The first kappa shape index (κ1) is 34.6. The highest BCUT2D eigenvalue weighted by atomic mass is 16.2. The van der Waals surface area contributed by atoms with Gasteiger partial charge in [-0.3, -0.25) is 4.79 Å². The van der Waals surface area contributed by atoms with Gasteiger partial charge in [-0.05, 0) is 55.4 Å². The van der Waals surface area contributed by atoms with Gasteiger partial charge in [0.1, 0.15) is 12.6 Å². The van der Waals surface area contributed by atoms with Gasteiger partial charge in [0.2, 0.25) is 0 Å². The van der Waals surface area contributed by atoms with Crippen LogP contribution in [0.15, 0.2) is 48.6 Å². The molecule has 0 aliphatic heterocycles. The molecule has 1 unspecified atom stereocenters. The molecule has 0 bridgehead atoms. The molecule has 3 nitrogen and oxygen atoms in total. The lowest BCUT2D eigenvalue weighted by molar-refractivity contribution is -0.121. The van der Waals surface area contributed by atoms with E-state index in [0.29, 0.717) is 24.5 Å². The standard InChI is InChI=1S/C16H26O.C8H10.C2H6O.C2H6.CH2O.H2/c1-6-8-9-14(7-2)16(5)11-15(17)10-12(3)13(16)4;1-7-5-3-4-6-8(7)2;1-2-3;2*1-2;/h14H,3-4,6-11H2,1-2,5H3;3-6H,1-2H3;3H,2H2,1H3;1-2H3;1H2;1H/t14?,16-;;;;;/m1...../s1. The van der Waals surface area contributed by atoms with Gasteiger partial charge in [0.25, 0.3) is 0 Å². The average Bonchev–Trinajstić information content (AvgIpc) is 2.78. The molecule has 0 radical (unpaired) electrons. The molecule has 3 heteroatoms. The van der Waals surface area contributed by atoms with Crippen molar-refractivity contribution in [3.05, 3.63) is 59.7 Å². The maximum atomic E-state index is 11.8. The zero-order valence-electron chi connectivity index (χ0n) is 22.2. The zero-order chi connectivity index (χ0) is 25.7. The first-order valence-corrected chi connectivity index (χ1v) is 12.0. The molecule has 0 aromatic heterocycles. The summed E-state index contributed by atoms with van der Waals surface area (Å²) in [5.74, 6) is 0.899. The number of allylic oxidation sites excluding steroid dienone is 2. The lowest BCUT2D eigenvalue weighted by Crippen LogP contribution is -2.36. The van der Waals surface area contributed by atoms with E-state index in [1.807, 2.05) is 20.6 Å². The summed E-state index contributed by atoms with van der Waals surface area (Å²) in [5.41, 5.74) is 4.77. The normalized spacial score (nSPS) is 17.7. The van der Waals surface area contributed by atoms with Crippen LogP contribution >= 0.6 is 0 Å². The number of rotatable bonds is 5. The van der Waals surface area contributed by atoms with Crippen molar-refractivity contribution in [1.29, 1.82) is 0 Å². The summed E-state index contributed by atoms with van der Waals surface area (Å²) >= 11 is 0. The lowest BCUT2D eigenvalue weighted by Gasteiger charge is -2.42. The van der Waals surface area contributed by atoms with Crippen LogP contribution in [0, 0.1) is 25.2 Å². The van der Waals surface area contributed by atoms with Crippen LogP contribution in [0.3, 0.4) is 0 Å². The Morgan fingerprint density at radius 1 is 1.06 bits per heavy atom. The van der Waals surface area contributed by atoms with Gasteiger partial charge in [-0.1, -0.05) is 91.3 Å². The fourth-order valence-electron chi connectivity index (χ4n) is 3.80. The number of aliphatic hydroxyl groups excluding tert-OH is 1. The third-order valence-electron chi connectivity index (χ3n) is 5.82. The number of ketones is 1. The number of unbranched alkanes of at least 4 members (excludes halogenated alkanes) is 1. The van der Waals surface area contributed by atoms with Crippen LogP contribution in [0.25, 0.3) is 0 Å². The molecule has 2 atom stereocenters. The maximum absolute atomic E-state index is 11.8. The molecule has 1 N–H and O–H groups in total. The number of hydrogen-bond acceptors (Lipinski definition) is 3. The second-order valence-corrected chi connectivity index (χ2v) is 8.04. The Morgan fingerprint density at radius 2 is 1.50 bits per heavy atom. The molecule has 186 valence electrons. The SMILES string of the molecule is C=C1CC(=O)C[C@@](C)(C(CC)CCCC)C1=C.C=O.CC.CCO.Cc1ccccc1C.[HH]. The third-order valence-corrected chi connectivity index (χ3v) is 5.82. The van der Waals surface area contributed by atoms with Gasteiger partial charge in [0.15, 0.2) is 0 Å². The molecule has 1 saturated carbocycles. The van der Waals surface area contributed by atoms with Crippen molar-refractivity contribution in [2.75, 3.05) is 6.61 Å². The Hall–Kier alpha value is -2.00. The van der Waals surface area contributed by atoms with Crippen molar-refractivity contribution in [1.82, 2.24) is 0 Å². The summed E-state index contributed by atoms with van der Waals surface area (Å²) in [4.78, 5) is 19.8. The average molecular weight is 449 g/mol. The van der Waals surface area contributed by atoms with E-state index < -0.39 is 0 Å². The van der Waals surface area contributed by atoms with Gasteiger partial charge in [-0.15, -0.1) is 0 Å². The maximum Gasteiger partial charge on any atom is 0.138 e. The van der Waals surface area contributed by atoms with E-state index in [1.54, 1.807) is 6.92 Å². The van der Waals surface area contributed by atoms with E-state index in [2.05, 4.69) is 72.0 Å². The van der Waals surface area contributed by atoms with Crippen LogP contribution in [0.5, 0.6) is 0 Å². The molecule has 1 aliphatic carbocycles. The van der Waals surface area contributed by atoms with Crippen LogP contribution in [0.2, 0.25) is 0 Å². The van der Waals surface area contributed by atoms with E-state index >= 15 is 0 Å². The van der Waals surface area contributed by atoms with Crippen LogP contribution in [-0.2, 0) is 9.59 Å². The smallest absolute Gasteiger partial charge is 0.138 e. The minimum Gasteiger partial charge on any atom is -0.397 e. The quantitative estimate of drug-likeness (QED) is 0.495. The number of aryl methyl sites for hydroxylation is 2. The van der Waals surface area contributed by atoms with Crippen molar-refractivity contribution < 1.29 is 16.1 Å². The predicted molar refractivity (Wildman–Crippen MR) is 143 cm³/mol. The van der Waals surface area contributed by atoms with Gasteiger partial charge in [0.05, 0.1) is 0 Å².